The number of carbonyl (C=O) groups excluding carboxylic acids is 1. The Hall–Kier alpha value is -1.24. The van der Waals surface area contributed by atoms with Crippen LogP contribution in [0.4, 0.5) is 0 Å². The number of hydrogen-bond donors (Lipinski definition) is 2. The molecule has 0 unspecified atom stereocenters. The van der Waals surface area contributed by atoms with Crippen molar-refractivity contribution in [3.63, 3.8) is 0 Å². The fourth-order valence-electron chi connectivity index (χ4n) is 2.21. The summed E-state index contributed by atoms with van der Waals surface area (Å²) in [5.74, 6) is 0.976. The van der Waals surface area contributed by atoms with Gasteiger partial charge in [-0.3, -0.25) is 4.79 Å². The van der Waals surface area contributed by atoms with Crippen LogP contribution in [0.15, 0.2) is 18.2 Å². The van der Waals surface area contributed by atoms with Crippen LogP contribution in [-0.2, 0) is 11.2 Å². The highest BCUT2D eigenvalue weighted by atomic mass is 127. The van der Waals surface area contributed by atoms with Crippen molar-refractivity contribution in [1.29, 1.82) is 0 Å². The van der Waals surface area contributed by atoms with Gasteiger partial charge in [-0.25, -0.2) is 0 Å². The van der Waals surface area contributed by atoms with Crippen molar-refractivity contribution >= 4 is 39.4 Å². The number of hydrogen-bond acceptors (Lipinski definition) is 2. The first-order valence-electron chi connectivity index (χ1n) is 6.76. The minimum Gasteiger partial charge on any atom is -0.497 e. The van der Waals surface area contributed by atoms with E-state index in [1.165, 1.54) is 10.9 Å². The van der Waals surface area contributed by atoms with Gasteiger partial charge in [0, 0.05) is 23.9 Å². The van der Waals surface area contributed by atoms with E-state index in [1.807, 2.05) is 25.1 Å². The fourth-order valence-corrected chi connectivity index (χ4v) is 3.06. The van der Waals surface area contributed by atoms with E-state index in [4.69, 9.17) is 4.74 Å². The van der Waals surface area contributed by atoms with E-state index < -0.39 is 0 Å². The molecule has 2 N–H and O–H groups in total. The molecule has 1 aromatic carbocycles. The number of H-pyrrole nitrogens is 1. The summed E-state index contributed by atoms with van der Waals surface area (Å²) in [5.41, 5.74) is 2.33. The second kappa shape index (κ2) is 6.97. The molecule has 0 saturated carbocycles. The third kappa shape index (κ3) is 3.45. The van der Waals surface area contributed by atoms with Gasteiger partial charge in [-0.05, 0) is 59.2 Å². The normalized spacial score (nSPS) is 10.8. The van der Waals surface area contributed by atoms with E-state index in [9.17, 15) is 4.79 Å². The van der Waals surface area contributed by atoms with Crippen molar-refractivity contribution in [2.24, 2.45) is 0 Å². The Morgan fingerprint density at radius 3 is 2.95 bits per heavy atom. The molecule has 0 aliphatic heterocycles. The summed E-state index contributed by atoms with van der Waals surface area (Å²) in [7, 11) is 1.67. The number of ether oxygens (including phenoxy) is 1. The van der Waals surface area contributed by atoms with E-state index >= 15 is 0 Å². The molecule has 2 aromatic rings. The Labute approximate surface area is 132 Å². The Bertz CT molecular complexity index is 607. The second-order valence-corrected chi connectivity index (χ2v) is 5.76. The molecule has 4 nitrogen and oxygen atoms in total. The molecule has 0 bridgehead atoms. The Kier molecular flexibility index (Phi) is 5.28. The molecule has 108 valence electrons. The van der Waals surface area contributed by atoms with Gasteiger partial charge < -0.3 is 15.0 Å². The van der Waals surface area contributed by atoms with Crippen LogP contribution >= 0.6 is 22.6 Å². The SMILES string of the molecule is CCCC(=O)NCCc1c(I)[nH]c2ccc(OC)cc12. The molecule has 0 fully saturated rings. The lowest BCUT2D eigenvalue weighted by atomic mass is 10.1. The molecule has 0 aliphatic carbocycles. The summed E-state index contributed by atoms with van der Waals surface area (Å²) in [6, 6.07) is 6.01. The third-order valence-electron chi connectivity index (χ3n) is 3.24. The minimum atomic E-state index is 0.125. The number of carbonyl (C=O) groups is 1. The Balaban J connectivity index is 2.12. The number of rotatable bonds is 6. The summed E-state index contributed by atoms with van der Waals surface area (Å²) >= 11 is 2.30. The highest BCUT2D eigenvalue weighted by Gasteiger charge is 2.10. The van der Waals surface area contributed by atoms with Crippen LogP contribution in [0, 0.1) is 3.70 Å². The fraction of sp³-hybridized carbons (Fsp3) is 0.400. The van der Waals surface area contributed by atoms with Crippen molar-refractivity contribution in [3.05, 3.63) is 27.5 Å². The molecule has 0 radical (unpaired) electrons. The summed E-state index contributed by atoms with van der Waals surface area (Å²) in [4.78, 5) is 14.8. The number of fused-ring (bicyclic) bond motifs is 1. The first-order chi connectivity index (χ1) is 9.65. The van der Waals surface area contributed by atoms with Gasteiger partial charge in [0.05, 0.1) is 10.8 Å². The molecule has 0 atom stereocenters. The average molecular weight is 386 g/mol. The highest BCUT2D eigenvalue weighted by Crippen LogP contribution is 2.27. The first-order valence-corrected chi connectivity index (χ1v) is 7.84. The standard InChI is InChI=1S/C15H19IN2O2/c1-3-4-14(19)17-8-7-11-12-9-10(20-2)5-6-13(12)18-15(11)16/h5-6,9,18H,3-4,7-8H2,1-2H3,(H,17,19). The van der Waals surface area contributed by atoms with Crippen LogP contribution < -0.4 is 10.1 Å². The predicted molar refractivity (Wildman–Crippen MR) is 89.2 cm³/mol. The van der Waals surface area contributed by atoms with E-state index in [2.05, 4.69) is 32.9 Å². The van der Waals surface area contributed by atoms with Crippen molar-refractivity contribution in [3.8, 4) is 5.75 Å². The van der Waals surface area contributed by atoms with Crippen LogP contribution in [0.2, 0.25) is 0 Å². The molecule has 2 rings (SSSR count). The topological polar surface area (TPSA) is 54.1 Å². The molecular formula is C15H19IN2O2. The lowest BCUT2D eigenvalue weighted by molar-refractivity contribution is -0.121. The second-order valence-electron chi connectivity index (χ2n) is 4.68. The first kappa shape index (κ1) is 15.2. The van der Waals surface area contributed by atoms with Gasteiger partial charge in [0.25, 0.3) is 0 Å². The van der Waals surface area contributed by atoms with Crippen molar-refractivity contribution in [2.45, 2.75) is 26.2 Å². The molecule has 20 heavy (non-hydrogen) atoms. The molecule has 5 heteroatoms. The quantitative estimate of drug-likeness (QED) is 0.749. The average Bonchev–Trinajstić information content (AvgIpc) is 2.74. The zero-order chi connectivity index (χ0) is 14.5. The number of methoxy groups -OCH3 is 1. The van der Waals surface area contributed by atoms with Gasteiger partial charge in [0.2, 0.25) is 5.91 Å². The minimum absolute atomic E-state index is 0.125. The molecule has 1 amide bonds. The Morgan fingerprint density at radius 1 is 1.45 bits per heavy atom. The van der Waals surface area contributed by atoms with Crippen molar-refractivity contribution < 1.29 is 9.53 Å². The maximum Gasteiger partial charge on any atom is 0.219 e. The van der Waals surface area contributed by atoms with Gasteiger partial charge in [-0.15, -0.1) is 0 Å². The summed E-state index contributed by atoms with van der Waals surface area (Å²) in [6.45, 7) is 2.67. The van der Waals surface area contributed by atoms with Gasteiger partial charge >= 0.3 is 0 Å². The molecule has 0 saturated heterocycles. The zero-order valence-corrected chi connectivity index (χ0v) is 13.9. The summed E-state index contributed by atoms with van der Waals surface area (Å²) in [5, 5.41) is 4.12. The van der Waals surface area contributed by atoms with Gasteiger partial charge in [0.15, 0.2) is 0 Å². The van der Waals surface area contributed by atoms with Crippen LogP contribution in [0.25, 0.3) is 10.9 Å². The number of nitrogens with one attached hydrogen (secondary N) is 2. The number of benzene rings is 1. The lowest BCUT2D eigenvalue weighted by Gasteiger charge is -2.05. The van der Waals surface area contributed by atoms with E-state index in [-0.39, 0.29) is 5.91 Å². The lowest BCUT2D eigenvalue weighted by Crippen LogP contribution is -2.25. The monoisotopic (exact) mass is 386 g/mol. The summed E-state index contributed by atoms with van der Waals surface area (Å²) < 4.78 is 6.40. The van der Waals surface area contributed by atoms with Gasteiger partial charge in [0.1, 0.15) is 5.75 Å². The van der Waals surface area contributed by atoms with Crippen LogP contribution in [0.3, 0.4) is 0 Å². The van der Waals surface area contributed by atoms with Crippen LogP contribution in [0.5, 0.6) is 5.75 Å². The van der Waals surface area contributed by atoms with Crippen LogP contribution in [-0.4, -0.2) is 24.5 Å². The molecular weight excluding hydrogens is 367 g/mol. The smallest absolute Gasteiger partial charge is 0.219 e. The van der Waals surface area contributed by atoms with E-state index in [0.717, 1.165) is 27.8 Å². The van der Waals surface area contributed by atoms with E-state index in [0.29, 0.717) is 13.0 Å². The van der Waals surface area contributed by atoms with Crippen molar-refractivity contribution in [1.82, 2.24) is 10.3 Å². The predicted octanol–water partition coefficient (Wildman–Crippen LogP) is 3.24. The molecule has 1 heterocycles. The maximum atomic E-state index is 11.5. The molecule has 0 spiro atoms. The number of aromatic amines is 1. The number of halogens is 1. The zero-order valence-electron chi connectivity index (χ0n) is 11.8. The van der Waals surface area contributed by atoms with Crippen LogP contribution in [0.1, 0.15) is 25.3 Å². The molecule has 1 aromatic heterocycles. The number of amides is 1. The maximum absolute atomic E-state index is 11.5. The summed E-state index contributed by atoms with van der Waals surface area (Å²) in [6.07, 6.45) is 2.30. The van der Waals surface area contributed by atoms with Gasteiger partial charge in [-0.1, -0.05) is 6.92 Å². The van der Waals surface area contributed by atoms with E-state index in [1.54, 1.807) is 7.11 Å². The van der Waals surface area contributed by atoms with Crippen molar-refractivity contribution in [2.75, 3.05) is 13.7 Å². The largest absolute Gasteiger partial charge is 0.497 e. The highest BCUT2D eigenvalue weighted by molar-refractivity contribution is 14.1. The third-order valence-corrected chi connectivity index (χ3v) is 4.16. The molecule has 0 aliphatic rings. The number of aromatic nitrogens is 1. The van der Waals surface area contributed by atoms with Gasteiger partial charge in [-0.2, -0.15) is 0 Å². The Morgan fingerprint density at radius 2 is 2.25 bits per heavy atom.